The number of likely N-dealkylation sites (tertiary alicyclic amines) is 1. The maximum atomic E-state index is 12.7. The molecule has 5 heteroatoms. The second-order valence-electron chi connectivity index (χ2n) is 5.65. The lowest BCUT2D eigenvalue weighted by Crippen LogP contribution is -2.45. The molecule has 0 radical (unpaired) electrons. The highest BCUT2D eigenvalue weighted by molar-refractivity contribution is 5.83. The van der Waals surface area contributed by atoms with Crippen LogP contribution in [0.1, 0.15) is 50.6 Å². The number of hydrogen-bond acceptors (Lipinski definition) is 4. The van der Waals surface area contributed by atoms with Crippen molar-refractivity contribution in [1.82, 2.24) is 10.1 Å². The second kappa shape index (κ2) is 5.33. The molecule has 19 heavy (non-hydrogen) atoms. The number of amides is 1. The van der Waals surface area contributed by atoms with Gasteiger partial charge < -0.3 is 15.2 Å². The van der Waals surface area contributed by atoms with Crippen LogP contribution in [0.4, 0.5) is 0 Å². The highest BCUT2D eigenvalue weighted by atomic mass is 16.5. The Morgan fingerprint density at radius 1 is 1.68 bits per heavy atom. The van der Waals surface area contributed by atoms with E-state index in [1.165, 1.54) is 0 Å². The predicted octanol–water partition coefficient (Wildman–Crippen LogP) is 2.02. The van der Waals surface area contributed by atoms with Gasteiger partial charge in [0.05, 0.1) is 17.2 Å². The predicted molar refractivity (Wildman–Crippen MR) is 72.4 cm³/mol. The number of nitrogens with two attached hydrogens (primary N) is 1. The van der Waals surface area contributed by atoms with Crippen molar-refractivity contribution in [2.45, 2.75) is 46.1 Å². The van der Waals surface area contributed by atoms with Crippen molar-refractivity contribution in [3.05, 3.63) is 17.5 Å². The average molecular weight is 265 g/mol. The van der Waals surface area contributed by atoms with E-state index >= 15 is 0 Å². The fourth-order valence-electron chi connectivity index (χ4n) is 2.58. The zero-order valence-corrected chi connectivity index (χ0v) is 12.0. The lowest BCUT2D eigenvalue weighted by Gasteiger charge is -2.33. The van der Waals surface area contributed by atoms with E-state index in [2.05, 4.69) is 5.16 Å². The van der Waals surface area contributed by atoms with E-state index in [4.69, 9.17) is 10.3 Å². The Balaban J connectivity index is 2.21. The fourth-order valence-corrected chi connectivity index (χ4v) is 2.58. The van der Waals surface area contributed by atoms with Gasteiger partial charge in [-0.1, -0.05) is 12.1 Å². The topological polar surface area (TPSA) is 72.4 Å². The first-order chi connectivity index (χ1) is 9.01. The minimum atomic E-state index is -0.475. The number of carbonyl (C=O) groups excluding carboxylic acids is 1. The van der Waals surface area contributed by atoms with Crippen LogP contribution in [0, 0.1) is 12.3 Å². The lowest BCUT2D eigenvalue weighted by molar-refractivity contribution is -0.142. The van der Waals surface area contributed by atoms with Crippen LogP contribution in [0.3, 0.4) is 0 Å². The normalized spacial score (nSPS) is 22.5. The number of nitrogens with zero attached hydrogens (tertiary/aromatic N) is 2. The molecule has 2 N–H and O–H groups in total. The summed E-state index contributed by atoms with van der Waals surface area (Å²) in [6.45, 7) is 6.99. The van der Waals surface area contributed by atoms with Crippen molar-refractivity contribution >= 4 is 5.91 Å². The molecule has 1 aliphatic rings. The van der Waals surface area contributed by atoms with Gasteiger partial charge >= 0.3 is 0 Å². The van der Waals surface area contributed by atoms with E-state index in [1.807, 2.05) is 31.7 Å². The molecule has 2 heterocycles. The summed E-state index contributed by atoms with van der Waals surface area (Å²) in [4.78, 5) is 14.6. The van der Waals surface area contributed by atoms with Gasteiger partial charge in [-0.15, -0.1) is 0 Å². The van der Waals surface area contributed by atoms with E-state index in [-0.39, 0.29) is 11.9 Å². The number of carbonyl (C=O) groups is 1. The molecule has 2 rings (SSSR count). The van der Waals surface area contributed by atoms with Crippen molar-refractivity contribution in [1.29, 1.82) is 0 Å². The smallest absolute Gasteiger partial charge is 0.230 e. The van der Waals surface area contributed by atoms with Crippen LogP contribution in [0.25, 0.3) is 0 Å². The molecule has 0 bridgehead atoms. The van der Waals surface area contributed by atoms with E-state index in [0.717, 1.165) is 37.3 Å². The molecule has 0 spiro atoms. The van der Waals surface area contributed by atoms with Crippen molar-refractivity contribution in [2.24, 2.45) is 11.1 Å². The van der Waals surface area contributed by atoms with Crippen LogP contribution < -0.4 is 5.73 Å². The molecule has 1 aromatic rings. The van der Waals surface area contributed by atoms with Gasteiger partial charge in [0, 0.05) is 19.2 Å². The highest BCUT2D eigenvalue weighted by Gasteiger charge is 2.40. The minimum Gasteiger partial charge on any atom is -0.359 e. The molecule has 1 amide bonds. The average Bonchev–Trinajstić information content (AvgIpc) is 3.05. The van der Waals surface area contributed by atoms with Gasteiger partial charge in [0.15, 0.2) is 5.76 Å². The Hall–Kier alpha value is -1.36. The lowest BCUT2D eigenvalue weighted by atomic mass is 9.85. The quantitative estimate of drug-likeness (QED) is 0.904. The van der Waals surface area contributed by atoms with Crippen LogP contribution in [0.2, 0.25) is 0 Å². The summed E-state index contributed by atoms with van der Waals surface area (Å²) in [5.41, 5.74) is 6.17. The SMILES string of the molecule is CCC(C)(CN)C(=O)N1CCCC1c1cc(C)no1. The summed E-state index contributed by atoms with van der Waals surface area (Å²) in [5, 5.41) is 3.92. The van der Waals surface area contributed by atoms with E-state index in [1.54, 1.807) is 0 Å². The third-order valence-electron chi connectivity index (χ3n) is 4.24. The molecule has 1 aliphatic heterocycles. The summed E-state index contributed by atoms with van der Waals surface area (Å²) >= 11 is 0. The second-order valence-corrected chi connectivity index (χ2v) is 5.65. The van der Waals surface area contributed by atoms with Crippen LogP contribution >= 0.6 is 0 Å². The van der Waals surface area contributed by atoms with E-state index < -0.39 is 5.41 Å². The summed E-state index contributed by atoms with van der Waals surface area (Å²) in [5.74, 6) is 0.924. The number of aromatic nitrogens is 1. The molecule has 1 aromatic heterocycles. The third-order valence-corrected chi connectivity index (χ3v) is 4.24. The van der Waals surface area contributed by atoms with Crippen LogP contribution in [0.5, 0.6) is 0 Å². The zero-order valence-electron chi connectivity index (χ0n) is 12.0. The summed E-state index contributed by atoms with van der Waals surface area (Å²) in [6.07, 6.45) is 2.69. The molecule has 5 nitrogen and oxygen atoms in total. The van der Waals surface area contributed by atoms with Gasteiger partial charge in [0.25, 0.3) is 0 Å². The standard InChI is InChI=1S/C14H23N3O2/c1-4-14(3,9-15)13(18)17-7-5-6-11(17)12-8-10(2)16-19-12/h8,11H,4-7,9,15H2,1-3H3. The molecule has 2 atom stereocenters. The zero-order chi connectivity index (χ0) is 14.0. The Kier molecular flexibility index (Phi) is 3.94. The summed E-state index contributed by atoms with van der Waals surface area (Å²) in [7, 11) is 0. The molecular weight excluding hydrogens is 242 g/mol. The van der Waals surface area contributed by atoms with E-state index in [0.29, 0.717) is 6.54 Å². The van der Waals surface area contributed by atoms with Gasteiger partial charge in [0.1, 0.15) is 0 Å². The van der Waals surface area contributed by atoms with Crippen LogP contribution in [-0.4, -0.2) is 29.1 Å². The molecule has 0 saturated carbocycles. The van der Waals surface area contributed by atoms with Crippen molar-refractivity contribution in [3.8, 4) is 0 Å². The van der Waals surface area contributed by atoms with Gasteiger partial charge in [-0.3, -0.25) is 4.79 Å². The number of hydrogen-bond donors (Lipinski definition) is 1. The Bertz CT molecular complexity index is 451. The largest absolute Gasteiger partial charge is 0.359 e. The van der Waals surface area contributed by atoms with Gasteiger partial charge in [-0.2, -0.15) is 0 Å². The Morgan fingerprint density at radius 3 is 2.95 bits per heavy atom. The molecule has 2 unspecified atom stereocenters. The summed E-state index contributed by atoms with van der Waals surface area (Å²) in [6, 6.07) is 1.94. The molecular formula is C14H23N3O2. The number of aryl methyl sites for hydroxylation is 1. The molecule has 0 aliphatic carbocycles. The molecule has 0 aromatic carbocycles. The van der Waals surface area contributed by atoms with Crippen molar-refractivity contribution in [2.75, 3.05) is 13.1 Å². The monoisotopic (exact) mass is 265 g/mol. The van der Waals surface area contributed by atoms with Crippen molar-refractivity contribution < 1.29 is 9.32 Å². The van der Waals surface area contributed by atoms with Gasteiger partial charge in [-0.05, 0) is 33.1 Å². The number of rotatable bonds is 4. The van der Waals surface area contributed by atoms with Gasteiger partial charge in [0.2, 0.25) is 5.91 Å². The molecule has 1 saturated heterocycles. The van der Waals surface area contributed by atoms with Crippen LogP contribution in [0.15, 0.2) is 10.6 Å². The first-order valence-electron chi connectivity index (χ1n) is 6.96. The van der Waals surface area contributed by atoms with Crippen molar-refractivity contribution in [3.63, 3.8) is 0 Å². The fraction of sp³-hybridized carbons (Fsp3) is 0.714. The van der Waals surface area contributed by atoms with Gasteiger partial charge in [-0.25, -0.2) is 0 Å². The third kappa shape index (κ3) is 2.52. The first-order valence-corrected chi connectivity index (χ1v) is 6.96. The Labute approximate surface area is 114 Å². The van der Waals surface area contributed by atoms with Crippen LogP contribution in [-0.2, 0) is 4.79 Å². The Morgan fingerprint density at radius 2 is 2.42 bits per heavy atom. The summed E-state index contributed by atoms with van der Waals surface area (Å²) < 4.78 is 5.33. The highest BCUT2D eigenvalue weighted by Crippen LogP contribution is 2.36. The maximum absolute atomic E-state index is 12.7. The molecule has 106 valence electrons. The van der Waals surface area contributed by atoms with E-state index in [9.17, 15) is 4.79 Å². The first kappa shape index (κ1) is 14.1. The minimum absolute atomic E-state index is 0.0196. The maximum Gasteiger partial charge on any atom is 0.230 e. The molecule has 1 fully saturated rings.